The van der Waals surface area contributed by atoms with Crippen LogP contribution >= 0.6 is 11.3 Å². The van der Waals surface area contributed by atoms with E-state index in [1.54, 1.807) is 24.6 Å². The molecule has 0 bridgehead atoms. The summed E-state index contributed by atoms with van der Waals surface area (Å²) in [5, 5.41) is 8.57. The van der Waals surface area contributed by atoms with Crippen LogP contribution in [0.2, 0.25) is 0 Å². The highest BCUT2D eigenvalue weighted by molar-refractivity contribution is 7.13. The van der Waals surface area contributed by atoms with Gasteiger partial charge in [0.25, 0.3) is 0 Å². The van der Waals surface area contributed by atoms with E-state index in [2.05, 4.69) is 44.9 Å². The van der Waals surface area contributed by atoms with Gasteiger partial charge in [0.05, 0.1) is 17.1 Å². The molecule has 2 heterocycles. The van der Waals surface area contributed by atoms with Gasteiger partial charge in [-0.1, -0.05) is 36.4 Å². The lowest BCUT2D eigenvalue weighted by Gasteiger charge is -2.10. The highest BCUT2D eigenvalue weighted by atomic mass is 32.1. The second kappa shape index (κ2) is 8.31. The number of nitrogens with one attached hydrogen (secondary N) is 2. The summed E-state index contributed by atoms with van der Waals surface area (Å²) in [4.78, 5) is 9.75. The maximum atomic E-state index is 5.51. The van der Waals surface area contributed by atoms with Gasteiger partial charge >= 0.3 is 0 Å². The zero-order valence-electron chi connectivity index (χ0n) is 13.5. The Bertz CT molecular complexity index is 765. The maximum Gasteiger partial charge on any atom is 0.236 e. The standard InChI is InChI=1S/C18H20N4OS/c1-19-18(20-10-9-14-6-3-2-4-7-14)21-12-15-13-23-17(22-15)16-8-5-11-24-16/h2-8,11,13H,9-10,12H2,1H3,(H2,19,20,21). The molecule has 0 amide bonds. The number of hydrogen-bond donors (Lipinski definition) is 2. The molecule has 2 N–H and O–H groups in total. The first-order valence-electron chi connectivity index (χ1n) is 7.82. The van der Waals surface area contributed by atoms with Crippen molar-refractivity contribution in [3.05, 3.63) is 65.4 Å². The number of rotatable bonds is 6. The van der Waals surface area contributed by atoms with E-state index < -0.39 is 0 Å². The van der Waals surface area contributed by atoms with Crippen LogP contribution in [-0.4, -0.2) is 24.5 Å². The fourth-order valence-electron chi connectivity index (χ4n) is 2.27. The summed E-state index contributed by atoms with van der Waals surface area (Å²) < 4.78 is 5.51. The second-order valence-corrected chi connectivity index (χ2v) is 6.16. The Morgan fingerprint density at radius 3 is 2.79 bits per heavy atom. The van der Waals surface area contributed by atoms with Crippen LogP contribution in [0.25, 0.3) is 10.8 Å². The summed E-state index contributed by atoms with van der Waals surface area (Å²) in [7, 11) is 1.76. The van der Waals surface area contributed by atoms with Crippen LogP contribution in [0, 0.1) is 0 Å². The maximum absolute atomic E-state index is 5.51. The molecule has 124 valence electrons. The first-order valence-corrected chi connectivity index (χ1v) is 8.70. The number of guanidine groups is 1. The lowest BCUT2D eigenvalue weighted by atomic mass is 10.1. The van der Waals surface area contributed by atoms with Crippen molar-refractivity contribution in [2.75, 3.05) is 13.6 Å². The van der Waals surface area contributed by atoms with Gasteiger partial charge < -0.3 is 15.1 Å². The SMILES string of the molecule is CN=C(NCCc1ccccc1)NCc1coc(-c2cccs2)n1. The molecule has 6 heteroatoms. The van der Waals surface area contributed by atoms with E-state index in [1.807, 2.05) is 23.6 Å². The fraction of sp³-hybridized carbons (Fsp3) is 0.222. The molecule has 0 saturated heterocycles. The molecule has 0 aliphatic carbocycles. The van der Waals surface area contributed by atoms with Crippen molar-refractivity contribution < 1.29 is 4.42 Å². The average Bonchev–Trinajstić information content (AvgIpc) is 3.30. The number of benzene rings is 1. The third-order valence-corrected chi connectivity index (χ3v) is 4.35. The summed E-state index contributed by atoms with van der Waals surface area (Å²) in [5.41, 5.74) is 2.15. The van der Waals surface area contributed by atoms with Crippen LogP contribution in [0.1, 0.15) is 11.3 Å². The van der Waals surface area contributed by atoms with Gasteiger partial charge in [-0.05, 0) is 23.4 Å². The van der Waals surface area contributed by atoms with Gasteiger partial charge in [-0.3, -0.25) is 4.99 Å². The average molecular weight is 340 g/mol. The van der Waals surface area contributed by atoms with E-state index in [0.717, 1.165) is 29.5 Å². The topological polar surface area (TPSA) is 62.5 Å². The lowest BCUT2D eigenvalue weighted by molar-refractivity contribution is 0.573. The molecule has 5 nitrogen and oxygen atoms in total. The number of thiophene rings is 1. The van der Waals surface area contributed by atoms with Crippen molar-refractivity contribution in [3.63, 3.8) is 0 Å². The van der Waals surface area contributed by atoms with Crippen LogP contribution in [-0.2, 0) is 13.0 Å². The van der Waals surface area contributed by atoms with Gasteiger partial charge in [-0.15, -0.1) is 11.3 Å². The zero-order chi connectivity index (χ0) is 16.6. The molecule has 3 rings (SSSR count). The van der Waals surface area contributed by atoms with Crippen LogP contribution in [0.5, 0.6) is 0 Å². The third-order valence-electron chi connectivity index (χ3n) is 3.49. The molecule has 0 aliphatic heterocycles. The van der Waals surface area contributed by atoms with Gasteiger partial charge in [0, 0.05) is 13.6 Å². The third kappa shape index (κ3) is 4.45. The monoisotopic (exact) mass is 340 g/mol. The minimum atomic E-state index is 0.569. The Balaban J connectivity index is 1.46. The van der Waals surface area contributed by atoms with Crippen LogP contribution < -0.4 is 10.6 Å². The predicted molar refractivity (Wildman–Crippen MR) is 98.2 cm³/mol. The summed E-state index contributed by atoms with van der Waals surface area (Å²) in [6, 6.07) is 14.4. The molecule has 0 saturated carbocycles. The Hall–Kier alpha value is -2.60. The second-order valence-electron chi connectivity index (χ2n) is 5.21. The van der Waals surface area contributed by atoms with Gasteiger partial charge in [0.15, 0.2) is 5.96 Å². The zero-order valence-corrected chi connectivity index (χ0v) is 14.3. The van der Waals surface area contributed by atoms with Crippen molar-refractivity contribution in [2.24, 2.45) is 4.99 Å². The molecule has 3 aromatic rings. The van der Waals surface area contributed by atoms with Crippen molar-refractivity contribution in [1.82, 2.24) is 15.6 Å². The van der Waals surface area contributed by atoms with Gasteiger partial charge in [-0.25, -0.2) is 4.98 Å². The Kier molecular flexibility index (Phi) is 5.63. The molecule has 0 aliphatic rings. The number of aromatic nitrogens is 1. The molecule has 0 fully saturated rings. The molecule has 0 atom stereocenters. The van der Waals surface area contributed by atoms with Crippen LogP contribution in [0.15, 0.2) is 63.5 Å². The quantitative estimate of drug-likeness (QED) is 0.534. The van der Waals surface area contributed by atoms with E-state index >= 15 is 0 Å². The van der Waals surface area contributed by atoms with Crippen molar-refractivity contribution >= 4 is 17.3 Å². The first-order chi connectivity index (χ1) is 11.8. The molecule has 0 unspecified atom stereocenters. The molecule has 2 aromatic heterocycles. The Morgan fingerprint density at radius 2 is 2.04 bits per heavy atom. The van der Waals surface area contributed by atoms with Crippen LogP contribution in [0.4, 0.5) is 0 Å². The Labute approximate surface area is 145 Å². The molecule has 0 radical (unpaired) electrons. The summed E-state index contributed by atoms with van der Waals surface area (Å²) in [5.74, 6) is 1.42. The molecule has 1 aromatic carbocycles. The first kappa shape index (κ1) is 16.3. The minimum Gasteiger partial charge on any atom is -0.443 e. The van der Waals surface area contributed by atoms with E-state index in [4.69, 9.17) is 4.42 Å². The normalized spacial score (nSPS) is 11.5. The highest BCUT2D eigenvalue weighted by Crippen LogP contribution is 2.23. The van der Waals surface area contributed by atoms with Crippen LogP contribution in [0.3, 0.4) is 0 Å². The van der Waals surface area contributed by atoms with Crippen molar-refractivity contribution in [1.29, 1.82) is 0 Å². The van der Waals surface area contributed by atoms with Crippen molar-refractivity contribution in [2.45, 2.75) is 13.0 Å². The van der Waals surface area contributed by atoms with E-state index in [1.165, 1.54) is 5.56 Å². The van der Waals surface area contributed by atoms with Gasteiger partial charge in [0.2, 0.25) is 5.89 Å². The summed E-state index contributed by atoms with van der Waals surface area (Å²) >= 11 is 1.61. The highest BCUT2D eigenvalue weighted by Gasteiger charge is 2.08. The van der Waals surface area contributed by atoms with E-state index in [-0.39, 0.29) is 0 Å². The summed E-state index contributed by atoms with van der Waals surface area (Å²) in [6.45, 7) is 1.39. The molecule has 0 spiro atoms. The van der Waals surface area contributed by atoms with E-state index in [0.29, 0.717) is 12.4 Å². The number of nitrogens with zero attached hydrogens (tertiary/aromatic N) is 2. The molecule has 24 heavy (non-hydrogen) atoms. The molecular weight excluding hydrogens is 320 g/mol. The fourth-order valence-corrected chi connectivity index (χ4v) is 2.92. The van der Waals surface area contributed by atoms with E-state index in [9.17, 15) is 0 Å². The number of oxazole rings is 1. The molecular formula is C18H20N4OS. The van der Waals surface area contributed by atoms with Gasteiger partial charge in [-0.2, -0.15) is 0 Å². The summed E-state index contributed by atoms with van der Waals surface area (Å²) in [6.07, 6.45) is 2.63. The lowest BCUT2D eigenvalue weighted by Crippen LogP contribution is -2.37. The van der Waals surface area contributed by atoms with Gasteiger partial charge in [0.1, 0.15) is 6.26 Å². The predicted octanol–water partition coefficient (Wildman–Crippen LogP) is 3.31. The number of hydrogen-bond acceptors (Lipinski definition) is 4. The number of aliphatic imine (C=N–C) groups is 1. The smallest absolute Gasteiger partial charge is 0.236 e. The van der Waals surface area contributed by atoms with Crippen molar-refractivity contribution in [3.8, 4) is 10.8 Å². The Morgan fingerprint density at radius 1 is 1.17 bits per heavy atom. The minimum absolute atomic E-state index is 0.569. The largest absolute Gasteiger partial charge is 0.443 e.